The Morgan fingerprint density at radius 3 is 2.90 bits per heavy atom. The van der Waals surface area contributed by atoms with Gasteiger partial charge in [-0.15, -0.1) is 24.0 Å². The summed E-state index contributed by atoms with van der Waals surface area (Å²) in [6, 6.07) is 6.63. The zero-order valence-corrected chi connectivity index (χ0v) is 14.4. The van der Waals surface area contributed by atoms with Crippen LogP contribution in [0.4, 0.5) is 5.69 Å². The number of halogens is 1. The van der Waals surface area contributed by atoms with Gasteiger partial charge < -0.3 is 10.6 Å². The van der Waals surface area contributed by atoms with Crippen molar-refractivity contribution in [3.05, 3.63) is 39.9 Å². The maximum Gasteiger partial charge on any atom is 0.274 e. The number of hydrogen-bond acceptors (Lipinski definition) is 3. The molecule has 1 atom stereocenters. The van der Waals surface area contributed by atoms with E-state index in [1.54, 1.807) is 18.2 Å². The minimum absolute atomic E-state index is 0. The van der Waals surface area contributed by atoms with E-state index in [4.69, 9.17) is 5.73 Å². The molecule has 1 aliphatic rings. The molecule has 0 saturated carbocycles. The monoisotopic (exact) mass is 404 g/mol. The molecule has 6 nitrogen and oxygen atoms in total. The lowest BCUT2D eigenvalue weighted by atomic mass is 10.0. The van der Waals surface area contributed by atoms with Crippen LogP contribution in [-0.2, 0) is 6.54 Å². The first kappa shape index (κ1) is 17.7. The van der Waals surface area contributed by atoms with E-state index < -0.39 is 0 Å². The number of aliphatic imine (C=N–C) groups is 1. The van der Waals surface area contributed by atoms with E-state index in [-0.39, 0.29) is 41.1 Å². The van der Waals surface area contributed by atoms with Crippen LogP contribution in [0.5, 0.6) is 0 Å². The van der Waals surface area contributed by atoms with Gasteiger partial charge in [-0.1, -0.05) is 25.1 Å². The maximum absolute atomic E-state index is 10.9. The Kier molecular flexibility index (Phi) is 6.86. The number of hydrogen-bond donors (Lipinski definition) is 1. The van der Waals surface area contributed by atoms with E-state index in [1.807, 2.05) is 0 Å². The number of piperidine rings is 1. The fourth-order valence-corrected chi connectivity index (χ4v) is 2.49. The van der Waals surface area contributed by atoms with Crippen molar-refractivity contribution < 1.29 is 4.92 Å². The minimum atomic E-state index is -0.385. The number of guanidine groups is 1. The van der Waals surface area contributed by atoms with Gasteiger partial charge in [0.05, 0.1) is 17.0 Å². The average Bonchev–Trinajstić information content (AvgIpc) is 2.45. The number of benzene rings is 1. The molecule has 1 aromatic rings. The Hall–Kier alpha value is -1.38. The van der Waals surface area contributed by atoms with Gasteiger partial charge in [0.25, 0.3) is 5.69 Å². The Bertz CT molecular complexity index is 521. The zero-order chi connectivity index (χ0) is 14.5. The molecule has 0 bridgehead atoms. The molecular weight excluding hydrogens is 383 g/mol. The normalized spacial score (nSPS) is 19.0. The number of nitro benzene ring substituents is 1. The molecule has 1 heterocycles. The second-order valence-corrected chi connectivity index (χ2v) is 5.25. The molecule has 0 amide bonds. The van der Waals surface area contributed by atoms with Crippen molar-refractivity contribution in [2.24, 2.45) is 16.6 Å². The van der Waals surface area contributed by atoms with Crippen molar-refractivity contribution in [2.45, 2.75) is 26.3 Å². The number of nitrogens with zero attached hydrogens (tertiary/aromatic N) is 3. The van der Waals surface area contributed by atoms with Crippen LogP contribution in [0.25, 0.3) is 0 Å². The highest BCUT2D eigenvalue weighted by molar-refractivity contribution is 14.0. The summed E-state index contributed by atoms with van der Waals surface area (Å²) in [6.07, 6.45) is 2.33. The molecule has 1 aliphatic heterocycles. The van der Waals surface area contributed by atoms with Crippen molar-refractivity contribution in [2.75, 3.05) is 13.1 Å². The molecule has 1 fully saturated rings. The smallest absolute Gasteiger partial charge is 0.274 e. The molecule has 0 aliphatic carbocycles. The van der Waals surface area contributed by atoms with E-state index in [2.05, 4.69) is 16.8 Å². The topological polar surface area (TPSA) is 84.8 Å². The van der Waals surface area contributed by atoms with Gasteiger partial charge in [-0.25, -0.2) is 4.99 Å². The molecule has 116 valence electrons. The second kappa shape index (κ2) is 8.16. The summed E-state index contributed by atoms with van der Waals surface area (Å²) in [4.78, 5) is 16.9. The van der Waals surface area contributed by atoms with Crippen molar-refractivity contribution >= 4 is 35.6 Å². The summed E-state index contributed by atoms with van der Waals surface area (Å²) in [5.74, 6) is 1.10. The highest BCUT2D eigenvalue weighted by atomic mass is 127. The third-order valence-electron chi connectivity index (χ3n) is 3.58. The Morgan fingerprint density at radius 1 is 1.52 bits per heavy atom. The summed E-state index contributed by atoms with van der Waals surface area (Å²) in [7, 11) is 0. The molecule has 0 spiro atoms. The van der Waals surface area contributed by atoms with Gasteiger partial charge in [-0.2, -0.15) is 0 Å². The third-order valence-corrected chi connectivity index (χ3v) is 3.58. The summed E-state index contributed by atoms with van der Waals surface area (Å²) in [5.41, 5.74) is 6.67. The second-order valence-electron chi connectivity index (χ2n) is 5.25. The van der Waals surface area contributed by atoms with Gasteiger partial charge >= 0.3 is 0 Å². The molecule has 1 aromatic carbocycles. The predicted octanol–water partition coefficient (Wildman–Crippen LogP) is 2.76. The third kappa shape index (κ3) is 4.83. The van der Waals surface area contributed by atoms with Gasteiger partial charge in [0.15, 0.2) is 5.96 Å². The number of rotatable bonds is 3. The minimum Gasteiger partial charge on any atom is -0.370 e. The van der Waals surface area contributed by atoms with Crippen molar-refractivity contribution in [3.8, 4) is 0 Å². The first-order valence-corrected chi connectivity index (χ1v) is 6.85. The fraction of sp³-hybridized carbons (Fsp3) is 0.500. The van der Waals surface area contributed by atoms with Crippen LogP contribution >= 0.6 is 24.0 Å². The van der Waals surface area contributed by atoms with E-state index in [0.29, 0.717) is 17.4 Å². The van der Waals surface area contributed by atoms with Gasteiger partial charge in [-0.3, -0.25) is 10.1 Å². The van der Waals surface area contributed by atoms with Gasteiger partial charge in [0.1, 0.15) is 0 Å². The SMILES string of the molecule is CC1CCCN(C(N)=NCc2ccccc2[N+](=O)[O-])C1.I. The van der Waals surface area contributed by atoms with Gasteiger partial charge in [-0.05, 0) is 18.8 Å². The Morgan fingerprint density at radius 2 is 2.24 bits per heavy atom. The highest BCUT2D eigenvalue weighted by Crippen LogP contribution is 2.19. The first-order valence-electron chi connectivity index (χ1n) is 6.85. The number of likely N-dealkylation sites (tertiary alicyclic amines) is 1. The van der Waals surface area contributed by atoms with E-state index >= 15 is 0 Å². The Balaban J connectivity index is 0.00000220. The standard InChI is InChI=1S/C14H20N4O2.HI/c1-11-5-4-8-17(10-11)14(15)16-9-12-6-2-3-7-13(12)18(19)20;/h2-3,6-7,11H,4-5,8-10H2,1H3,(H2,15,16);1H. The van der Waals surface area contributed by atoms with E-state index in [0.717, 1.165) is 19.5 Å². The molecule has 1 saturated heterocycles. The predicted molar refractivity (Wildman–Crippen MR) is 93.8 cm³/mol. The molecule has 2 N–H and O–H groups in total. The Labute approximate surface area is 141 Å². The number of para-hydroxylation sites is 1. The van der Waals surface area contributed by atoms with Crippen LogP contribution in [0, 0.1) is 16.0 Å². The molecule has 0 aromatic heterocycles. The molecule has 0 radical (unpaired) electrons. The average molecular weight is 404 g/mol. The lowest BCUT2D eigenvalue weighted by Gasteiger charge is -2.31. The summed E-state index contributed by atoms with van der Waals surface area (Å²) in [6.45, 7) is 4.26. The molecule has 7 heteroatoms. The highest BCUT2D eigenvalue weighted by Gasteiger charge is 2.18. The molecule has 1 unspecified atom stereocenters. The quantitative estimate of drug-likeness (QED) is 0.276. The maximum atomic E-state index is 10.9. The summed E-state index contributed by atoms with van der Waals surface area (Å²) in [5, 5.41) is 10.9. The van der Waals surface area contributed by atoms with Crippen LogP contribution in [0.3, 0.4) is 0 Å². The lowest BCUT2D eigenvalue weighted by Crippen LogP contribution is -2.43. The largest absolute Gasteiger partial charge is 0.370 e. The van der Waals surface area contributed by atoms with Gasteiger partial charge in [0, 0.05) is 19.2 Å². The molecule has 2 rings (SSSR count). The zero-order valence-electron chi connectivity index (χ0n) is 12.1. The van der Waals surface area contributed by atoms with Crippen molar-refractivity contribution in [3.63, 3.8) is 0 Å². The van der Waals surface area contributed by atoms with Crippen LogP contribution < -0.4 is 5.73 Å². The van der Waals surface area contributed by atoms with E-state index in [9.17, 15) is 10.1 Å². The lowest BCUT2D eigenvalue weighted by molar-refractivity contribution is -0.385. The van der Waals surface area contributed by atoms with Crippen molar-refractivity contribution in [1.29, 1.82) is 0 Å². The number of nitro groups is 1. The van der Waals surface area contributed by atoms with Crippen LogP contribution in [0.15, 0.2) is 29.3 Å². The van der Waals surface area contributed by atoms with Crippen LogP contribution in [-0.4, -0.2) is 28.9 Å². The van der Waals surface area contributed by atoms with Crippen LogP contribution in [0.1, 0.15) is 25.3 Å². The summed E-state index contributed by atoms with van der Waals surface area (Å²) >= 11 is 0. The fourth-order valence-electron chi connectivity index (χ4n) is 2.49. The van der Waals surface area contributed by atoms with Gasteiger partial charge in [0.2, 0.25) is 0 Å². The van der Waals surface area contributed by atoms with Crippen LogP contribution in [0.2, 0.25) is 0 Å². The van der Waals surface area contributed by atoms with E-state index in [1.165, 1.54) is 12.5 Å². The molecule has 21 heavy (non-hydrogen) atoms. The first-order chi connectivity index (χ1) is 9.58. The number of nitrogens with two attached hydrogens (primary N) is 1. The summed E-state index contributed by atoms with van der Waals surface area (Å²) < 4.78 is 0. The molecular formula is C14H21IN4O2. The van der Waals surface area contributed by atoms with Crippen molar-refractivity contribution in [1.82, 2.24) is 4.90 Å².